The number of carbonyl (C=O) groups is 1. The van der Waals surface area contributed by atoms with Crippen LogP contribution in [0.3, 0.4) is 0 Å². The van der Waals surface area contributed by atoms with Crippen molar-refractivity contribution in [1.82, 2.24) is 10.3 Å². The molecule has 0 spiro atoms. The van der Waals surface area contributed by atoms with Crippen LogP contribution >= 0.6 is 0 Å². The number of H-pyrrole nitrogens is 1. The summed E-state index contributed by atoms with van der Waals surface area (Å²) in [6, 6.07) is 11.4. The highest BCUT2D eigenvalue weighted by molar-refractivity contribution is 5.99. The van der Waals surface area contributed by atoms with Gasteiger partial charge < -0.3 is 19.8 Å². The van der Waals surface area contributed by atoms with Crippen LogP contribution in [-0.2, 0) is 6.54 Å². The first-order chi connectivity index (χ1) is 11.6. The molecule has 0 unspecified atom stereocenters. The summed E-state index contributed by atoms with van der Waals surface area (Å²) in [6.45, 7) is 4.79. The Balaban J connectivity index is 1.51. The Hall–Kier alpha value is -2.95. The molecule has 2 aromatic carbocycles. The van der Waals surface area contributed by atoms with Crippen LogP contribution in [0.5, 0.6) is 11.5 Å². The van der Waals surface area contributed by atoms with E-state index in [0.29, 0.717) is 12.1 Å². The van der Waals surface area contributed by atoms with Crippen molar-refractivity contribution in [1.29, 1.82) is 0 Å². The van der Waals surface area contributed by atoms with Crippen LogP contribution in [-0.4, -0.2) is 17.7 Å². The topological polar surface area (TPSA) is 63.4 Å². The summed E-state index contributed by atoms with van der Waals surface area (Å²) in [7, 11) is 0. The number of aromatic amines is 1. The van der Waals surface area contributed by atoms with Gasteiger partial charge in [-0.3, -0.25) is 4.79 Å². The predicted molar refractivity (Wildman–Crippen MR) is 91.5 cm³/mol. The molecule has 0 radical (unpaired) electrons. The van der Waals surface area contributed by atoms with Crippen molar-refractivity contribution >= 4 is 16.8 Å². The molecule has 1 aliphatic rings. The van der Waals surface area contributed by atoms with Gasteiger partial charge in [-0.15, -0.1) is 0 Å². The van der Waals surface area contributed by atoms with E-state index in [0.717, 1.165) is 33.7 Å². The van der Waals surface area contributed by atoms with Crippen molar-refractivity contribution in [2.45, 2.75) is 20.4 Å². The van der Waals surface area contributed by atoms with Gasteiger partial charge in [0.2, 0.25) is 6.79 Å². The normalized spacial score (nSPS) is 12.6. The van der Waals surface area contributed by atoms with Crippen molar-refractivity contribution in [2.24, 2.45) is 0 Å². The Morgan fingerprint density at radius 2 is 1.96 bits per heavy atom. The first-order valence-electron chi connectivity index (χ1n) is 7.87. The standard InChI is InChI=1S/C19H18N2O3/c1-11-12(2)21-16-5-4-14(8-15(11)16)19(22)20-9-13-3-6-17-18(7-13)24-10-23-17/h3-8,21H,9-10H2,1-2H3,(H,20,22). The van der Waals surface area contributed by atoms with E-state index < -0.39 is 0 Å². The maximum atomic E-state index is 12.4. The number of fused-ring (bicyclic) bond motifs is 2. The molecule has 1 aliphatic heterocycles. The van der Waals surface area contributed by atoms with Gasteiger partial charge in [0.25, 0.3) is 5.91 Å². The Kier molecular flexibility index (Phi) is 3.41. The third-order valence-electron chi connectivity index (χ3n) is 4.46. The highest BCUT2D eigenvalue weighted by Crippen LogP contribution is 2.32. The third kappa shape index (κ3) is 2.48. The van der Waals surface area contributed by atoms with Gasteiger partial charge in [-0.2, -0.15) is 0 Å². The average Bonchev–Trinajstić information content (AvgIpc) is 3.17. The fourth-order valence-electron chi connectivity index (χ4n) is 2.94. The van der Waals surface area contributed by atoms with E-state index in [1.165, 1.54) is 5.56 Å². The lowest BCUT2D eigenvalue weighted by atomic mass is 10.1. The first kappa shape index (κ1) is 14.6. The molecule has 0 fully saturated rings. The third-order valence-corrected chi connectivity index (χ3v) is 4.46. The van der Waals surface area contributed by atoms with Gasteiger partial charge in [0.1, 0.15) is 0 Å². The number of carbonyl (C=O) groups excluding carboxylic acids is 1. The molecule has 2 heterocycles. The summed E-state index contributed by atoms with van der Waals surface area (Å²) in [6.07, 6.45) is 0. The summed E-state index contributed by atoms with van der Waals surface area (Å²) in [5, 5.41) is 4.04. The van der Waals surface area contributed by atoms with Crippen molar-refractivity contribution in [3.05, 3.63) is 58.8 Å². The Bertz CT molecular complexity index is 943. The van der Waals surface area contributed by atoms with Crippen molar-refractivity contribution in [3.63, 3.8) is 0 Å². The van der Waals surface area contributed by atoms with Crippen LogP contribution in [0, 0.1) is 13.8 Å². The van der Waals surface area contributed by atoms with Gasteiger partial charge in [-0.1, -0.05) is 6.07 Å². The number of hydrogen-bond donors (Lipinski definition) is 2. The SMILES string of the molecule is Cc1[nH]c2ccc(C(=O)NCc3ccc4c(c3)OCO4)cc2c1C. The molecule has 122 valence electrons. The number of benzene rings is 2. The van der Waals surface area contributed by atoms with E-state index in [1.54, 1.807) is 0 Å². The van der Waals surface area contributed by atoms with E-state index >= 15 is 0 Å². The molecule has 0 atom stereocenters. The van der Waals surface area contributed by atoms with Gasteiger partial charge >= 0.3 is 0 Å². The van der Waals surface area contributed by atoms with Crippen LogP contribution in [0.4, 0.5) is 0 Å². The van der Waals surface area contributed by atoms with E-state index in [4.69, 9.17) is 9.47 Å². The quantitative estimate of drug-likeness (QED) is 0.776. The molecule has 5 heteroatoms. The summed E-state index contributed by atoms with van der Waals surface area (Å²) < 4.78 is 10.6. The van der Waals surface area contributed by atoms with Crippen molar-refractivity contribution in [2.75, 3.05) is 6.79 Å². The Morgan fingerprint density at radius 3 is 2.83 bits per heavy atom. The highest BCUT2D eigenvalue weighted by Gasteiger charge is 2.14. The zero-order chi connectivity index (χ0) is 16.7. The number of ether oxygens (including phenoxy) is 2. The van der Waals surface area contributed by atoms with Crippen LogP contribution < -0.4 is 14.8 Å². The summed E-state index contributed by atoms with van der Waals surface area (Å²) in [5.74, 6) is 1.38. The number of rotatable bonds is 3. The zero-order valence-electron chi connectivity index (χ0n) is 13.6. The maximum absolute atomic E-state index is 12.4. The Labute approximate surface area is 139 Å². The molecule has 0 saturated carbocycles. The molecule has 24 heavy (non-hydrogen) atoms. The summed E-state index contributed by atoms with van der Waals surface area (Å²) in [5.41, 5.74) is 4.99. The number of nitrogens with one attached hydrogen (secondary N) is 2. The van der Waals surface area contributed by atoms with Crippen LogP contribution in [0.2, 0.25) is 0 Å². The fourth-order valence-corrected chi connectivity index (χ4v) is 2.94. The minimum absolute atomic E-state index is 0.0900. The van der Waals surface area contributed by atoms with Crippen molar-refractivity contribution in [3.8, 4) is 11.5 Å². The van der Waals surface area contributed by atoms with Gasteiger partial charge in [0.05, 0.1) is 0 Å². The van der Waals surface area contributed by atoms with E-state index in [9.17, 15) is 4.79 Å². The maximum Gasteiger partial charge on any atom is 0.251 e. The monoisotopic (exact) mass is 322 g/mol. The lowest BCUT2D eigenvalue weighted by molar-refractivity contribution is 0.0951. The van der Waals surface area contributed by atoms with E-state index in [1.807, 2.05) is 43.3 Å². The molecule has 2 N–H and O–H groups in total. The fraction of sp³-hybridized carbons (Fsp3) is 0.211. The largest absolute Gasteiger partial charge is 0.454 e. The second kappa shape index (κ2) is 5.60. The number of aryl methyl sites for hydroxylation is 2. The van der Waals surface area contributed by atoms with Gasteiger partial charge in [-0.25, -0.2) is 0 Å². The minimum Gasteiger partial charge on any atom is -0.454 e. The lowest BCUT2D eigenvalue weighted by Crippen LogP contribution is -2.22. The van der Waals surface area contributed by atoms with Crippen molar-refractivity contribution < 1.29 is 14.3 Å². The highest BCUT2D eigenvalue weighted by atomic mass is 16.7. The molecule has 1 aromatic heterocycles. The molecule has 1 amide bonds. The Morgan fingerprint density at radius 1 is 1.12 bits per heavy atom. The second-order valence-corrected chi connectivity index (χ2v) is 6.01. The molecular formula is C19H18N2O3. The van der Waals surface area contributed by atoms with Crippen LogP contribution in [0.15, 0.2) is 36.4 Å². The minimum atomic E-state index is -0.0900. The predicted octanol–water partition coefficient (Wildman–Crippen LogP) is 3.44. The van der Waals surface area contributed by atoms with Gasteiger partial charge in [0, 0.05) is 28.7 Å². The zero-order valence-corrected chi connectivity index (χ0v) is 13.6. The average molecular weight is 322 g/mol. The van der Waals surface area contributed by atoms with E-state index in [-0.39, 0.29) is 12.7 Å². The smallest absolute Gasteiger partial charge is 0.251 e. The summed E-state index contributed by atoms with van der Waals surface area (Å²) >= 11 is 0. The van der Waals surface area contributed by atoms with Gasteiger partial charge in [-0.05, 0) is 55.3 Å². The van der Waals surface area contributed by atoms with E-state index in [2.05, 4.69) is 17.2 Å². The van der Waals surface area contributed by atoms with Crippen LogP contribution in [0.25, 0.3) is 10.9 Å². The molecule has 0 saturated heterocycles. The molecule has 5 nitrogen and oxygen atoms in total. The molecular weight excluding hydrogens is 304 g/mol. The summed E-state index contributed by atoms with van der Waals surface area (Å²) in [4.78, 5) is 15.8. The molecule has 4 rings (SSSR count). The van der Waals surface area contributed by atoms with Gasteiger partial charge in [0.15, 0.2) is 11.5 Å². The number of amides is 1. The first-order valence-corrected chi connectivity index (χ1v) is 7.87. The molecule has 0 bridgehead atoms. The lowest BCUT2D eigenvalue weighted by Gasteiger charge is -2.07. The van der Waals surface area contributed by atoms with Crippen LogP contribution in [0.1, 0.15) is 27.2 Å². The second-order valence-electron chi connectivity index (χ2n) is 6.01. The number of aromatic nitrogens is 1. The number of hydrogen-bond acceptors (Lipinski definition) is 3. The molecule has 3 aromatic rings. The molecule has 0 aliphatic carbocycles.